The summed E-state index contributed by atoms with van der Waals surface area (Å²) in [6, 6.07) is 0. The summed E-state index contributed by atoms with van der Waals surface area (Å²) in [7, 11) is 0. The maximum absolute atomic E-state index is 12.4. The van der Waals surface area contributed by atoms with Gasteiger partial charge in [-0.1, -0.05) is 6.92 Å². The second kappa shape index (κ2) is 11.5. The Bertz CT molecular complexity index is 393. The summed E-state index contributed by atoms with van der Waals surface area (Å²) in [6.45, 7) is 4.67. The molecule has 2 N–H and O–H groups in total. The minimum Gasteiger partial charge on any atom is -0.356 e. The number of hydrogen-bond donors (Lipinski definition) is 2. The molecule has 2 saturated heterocycles. The van der Waals surface area contributed by atoms with Gasteiger partial charge in [0.2, 0.25) is 5.91 Å². The Labute approximate surface area is 160 Å². The van der Waals surface area contributed by atoms with E-state index in [4.69, 9.17) is 0 Å². The van der Waals surface area contributed by atoms with Gasteiger partial charge in [0, 0.05) is 19.5 Å². The summed E-state index contributed by atoms with van der Waals surface area (Å²) < 4.78 is 37.1. The average molecular weight is 408 g/mol. The first-order valence-corrected chi connectivity index (χ1v) is 8.60. The molecule has 0 radical (unpaired) electrons. The maximum atomic E-state index is 12.4. The highest BCUT2D eigenvalue weighted by Gasteiger charge is 2.34. The quantitative estimate of drug-likeness (QED) is 0.711. The second-order valence-electron chi connectivity index (χ2n) is 7.10. The van der Waals surface area contributed by atoms with E-state index in [0.29, 0.717) is 37.9 Å². The van der Waals surface area contributed by atoms with Gasteiger partial charge in [0.15, 0.2) is 0 Å². The molecule has 0 bridgehead atoms. The number of carbonyl (C=O) groups excluding carboxylic acids is 1. The molecule has 2 aliphatic heterocycles. The molecule has 3 unspecified atom stereocenters. The predicted octanol–water partition coefficient (Wildman–Crippen LogP) is 2.86. The maximum Gasteiger partial charge on any atom is 0.401 e. The summed E-state index contributed by atoms with van der Waals surface area (Å²) in [4.78, 5) is 13.5. The number of carbonyl (C=O) groups is 1. The number of amides is 1. The number of piperidine rings is 1. The molecular formula is C16H30Cl2F3N3O. The van der Waals surface area contributed by atoms with Crippen LogP contribution in [0.5, 0.6) is 0 Å². The van der Waals surface area contributed by atoms with Crippen molar-refractivity contribution in [2.24, 2.45) is 17.8 Å². The number of likely N-dealkylation sites (tertiary alicyclic amines) is 1. The van der Waals surface area contributed by atoms with Crippen molar-refractivity contribution < 1.29 is 18.0 Å². The van der Waals surface area contributed by atoms with Crippen molar-refractivity contribution in [1.82, 2.24) is 15.5 Å². The lowest BCUT2D eigenvalue weighted by Crippen LogP contribution is -2.37. The van der Waals surface area contributed by atoms with Gasteiger partial charge in [-0.05, 0) is 56.7 Å². The Morgan fingerprint density at radius 1 is 1.32 bits per heavy atom. The van der Waals surface area contributed by atoms with E-state index in [1.807, 2.05) is 0 Å². The van der Waals surface area contributed by atoms with Gasteiger partial charge in [-0.25, -0.2) is 0 Å². The van der Waals surface area contributed by atoms with Gasteiger partial charge < -0.3 is 10.6 Å². The highest BCUT2D eigenvalue weighted by Crippen LogP contribution is 2.24. The van der Waals surface area contributed by atoms with Crippen molar-refractivity contribution >= 4 is 30.7 Å². The molecule has 9 heteroatoms. The van der Waals surface area contributed by atoms with Crippen LogP contribution < -0.4 is 10.6 Å². The van der Waals surface area contributed by atoms with Gasteiger partial charge in [-0.15, -0.1) is 24.8 Å². The molecule has 2 aliphatic rings. The normalized spacial score (nSPS) is 25.6. The molecule has 2 fully saturated rings. The predicted molar refractivity (Wildman–Crippen MR) is 97.5 cm³/mol. The van der Waals surface area contributed by atoms with Crippen LogP contribution in [0.4, 0.5) is 13.2 Å². The monoisotopic (exact) mass is 407 g/mol. The van der Waals surface area contributed by atoms with Crippen molar-refractivity contribution in [1.29, 1.82) is 0 Å². The molecule has 2 rings (SSSR count). The SMILES string of the molecule is CC(CC(=O)NCC1CCN(CC(F)(F)F)C1)C1CCCNC1.Cl.Cl. The summed E-state index contributed by atoms with van der Waals surface area (Å²) in [5.41, 5.74) is 0. The third kappa shape index (κ3) is 9.31. The number of halogens is 5. The third-order valence-electron chi connectivity index (χ3n) is 5.01. The summed E-state index contributed by atoms with van der Waals surface area (Å²) >= 11 is 0. The number of nitrogens with zero attached hydrogens (tertiary/aromatic N) is 1. The number of hydrogen-bond acceptors (Lipinski definition) is 3. The Balaban J connectivity index is 0.00000288. The van der Waals surface area contributed by atoms with E-state index >= 15 is 0 Å². The van der Waals surface area contributed by atoms with E-state index < -0.39 is 12.7 Å². The van der Waals surface area contributed by atoms with Crippen molar-refractivity contribution in [3.8, 4) is 0 Å². The standard InChI is InChI=1S/C16H28F3N3O.2ClH/c1-12(14-3-2-5-20-9-14)7-15(23)21-8-13-4-6-22(10-13)11-16(17,18)19;;/h12-14,20H,2-11H2,1H3,(H,21,23);2*1H. The Morgan fingerprint density at radius 2 is 2.04 bits per heavy atom. The number of rotatable bonds is 6. The molecular weight excluding hydrogens is 378 g/mol. The van der Waals surface area contributed by atoms with E-state index in [1.54, 1.807) is 0 Å². The highest BCUT2D eigenvalue weighted by molar-refractivity contribution is 5.85. The van der Waals surface area contributed by atoms with Gasteiger partial charge >= 0.3 is 6.18 Å². The number of alkyl halides is 3. The molecule has 4 nitrogen and oxygen atoms in total. The molecule has 150 valence electrons. The van der Waals surface area contributed by atoms with Crippen molar-refractivity contribution in [2.75, 3.05) is 39.3 Å². The van der Waals surface area contributed by atoms with Crippen LogP contribution in [0, 0.1) is 17.8 Å². The second-order valence-corrected chi connectivity index (χ2v) is 7.10. The Kier molecular flexibility index (Phi) is 11.4. The average Bonchev–Trinajstić information content (AvgIpc) is 2.91. The van der Waals surface area contributed by atoms with Crippen LogP contribution in [0.25, 0.3) is 0 Å². The molecule has 25 heavy (non-hydrogen) atoms. The molecule has 0 aromatic heterocycles. The van der Waals surface area contributed by atoms with Crippen molar-refractivity contribution in [2.45, 2.75) is 38.8 Å². The first-order valence-electron chi connectivity index (χ1n) is 8.60. The smallest absolute Gasteiger partial charge is 0.356 e. The number of nitrogens with one attached hydrogen (secondary N) is 2. The zero-order valence-electron chi connectivity index (χ0n) is 14.6. The minimum absolute atomic E-state index is 0. The first kappa shape index (κ1) is 24.8. The summed E-state index contributed by atoms with van der Waals surface area (Å²) in [6.07, 6.45) is -0.588. The molecule has 0 aromatic rings. The van der Waals surface area contributed by atoms with Crippen LogP contribution in [0.2, 0.25) is 0 Å². The van der Waals surface area contributed by atoms with Gasteiger partial charge in [0.25, 0.3) is 0 Å². The molecule has 0 saturated carbocycles. The topological polar surface area (TPSA) is 44.4 Å². The van der Waals surface area contributed by atoms with Crippen molar-refractivity contribution in [3.05, 3.63) is 0 Å². The van der Waals surface area contributed by atoms with Gasteiger partial charge in [0.05, 0.1) is 6.54 Å². The Hall–Kier alpha value is -0.240. The fourth-order valence-electron chi connectivity index (χ4n) is 3.63. The van der Waals surface area contributed by atoms with Crippen LogP contribution in [0.15, 0.2) is 0 Å². The lowest BCUT2D eigenvalue weighted by molar-refractivity contribution is -0.143. The lowest BCUT2D eigenvalue weighted by atomic mass is 9.85. The Morgan fingerprint density at radius 3 is 2.64 bits per heavy atom. The largest absolute Gasteiger partial charge is 0.401 e. The molecule has 3 atom stereocenters. The van der Waals surface area contributed by atoms with Gasteiger partial charge in [-0.3, -0.25) is 9.69 Å². The van der Waals surface area contributed by atoms with Crippen LogP contribution in [0.1, 0.15) is 32.6 Å². The van der Waals surface area contributed by atoms with E-state index in [9.17, 15) is 18.0 Å². The van der Waals surface area contributed by atoms with E-state index in [1.165, 1.54) is 4.90 Å². The van der Waals surface area contributed by atoms with E-state index in [0.717, 1.165) is 32.4 Å². The fourth-order valence-corrected chi connectivity index (χ4v) is 3.63. The lowest BCUT2D eigenvalue weighted by Gasteiger charge is -2.28. The minimum atomic E-state index is -4.14. The van der Waals surface area contributed by atoms with Crippen LogP contribution in [0.3, 0.4) is 0 Å². The summed E-state index contributed by atoms with van der Waals surface area (Å²) in [5, 5.41) is 6.27. The van der Waals surface area contributed by atoms with E-state index in [2.05, 4.69) is 17.6 Å². The van der Waals surface area contributed by atoms with Crippen LogP contribution in [-0.4, -0.2) is 56.3 Å². The summed E-state index contributed by atoms with van der Waals surface area (Å²) in [5.74, 6) is 1.04. The zero-order valence-corrected chi connectivity index (χ0v) is 16.2. The van der Waals surface area contributed by atoms with Gasteiger partial charge in [0.1, 0.15) is 0 Å². The van der Waals surface area contributed by atoms with Gasteiger partial charge in [-0.2, -0.15) is 13.2 Å². The van der Waals surface area contributed by atoms with Crippen LogP contribution >= 0.6 is 24.8 Å². The zero-order chi connectivity index (χ0) is 16.9. The van der Waals surface area contributed by atoms with Crippen LogP contribution in [-0.2, 0) is 4.79 Å². The van der Waals surface area contributed by atoms with Crippen molar-refractivity contribution in [3.63, 3.8) is 0 Å². The first-order chi connectivity index (χ1) is 10.8. The fraction of sp³-hybridized carbons (Fsp3) is 0.938. The third-order valence-corrected chi connectivity index (χ3v) is 5.01. The molecule has 1 amide bonds. The molecule has 0 spiro atoms. The molecule has 2 heterocycles. The van der Waals surface area contributed by atoms with E-state index in [-0.39, 0.29) is 36.6 Å². The molecule has 0 aliphatic carbocycles. The highest BCUT2D eigenvalue weighted by atomic mass is 35.5. The molecule has 0 aromatic carbocycles.